The molecule has 3 aliphatic carbocycles. The lowest BCUT2D eigenvalue weighted by Crippen LogP contribution is -2.59. The number of rotatable bonds is 4. The number of aryl methyl sites for hydroxylation is 1. The van der Waals surface area contributed by atoms with Crippen LogP contribution >= 0.6 is 0 Å². The van der Waals surface area contributed by atoms with Gasteiger partial charge >= 0.3 is 0 Å². The van der Waals surface area contributed by atoms with Gasteiger partial charge in [0, 0.05) is 12.6 Å². The van der Waals surface area contributed by atoms with Crippen LogP contribution in [0.5, 0.6) is 0 Å². The molecule has 0 spiro atoms. The minimum Gasteiger partial charge on any atom is -0.310 e. The third-order valence-electron chi connectivity index (χ3n) is 7.26. The Morgan fingerprint density at radius 2 is 1.52 bits per heavy atom. The maximum Gasteiger partial charge on any atom is 0.0208 e. The van der Waals surface area contributed by atoms with E-state index in [1.807, 2.05) is 0 Å². The standard InChI is InChI=1S/C24H31N/c1-16-5-9-19(10-6-16)20-11-7-18(8-12-20)15-25-23-14-21-13-22(17(23)2)24(21,3)4/h5-12,17,21-23,25H,13-15H2,1-4H3/t17?,21-,22+,23+/m1/s1. The molecule has 0 heterocycles. The molecule has 3 fully saturated rings. The molecular weight excluding hydrogens is 302 g/mol. The Balaban J connectivity index is 1.37. The molecule has 25 heavy (non-hydrogen) atoms. The van der Waals surface area contributed by atoms with E-state index in [1.54, 1.807) is 0 Å². The van der Waals surface area contributed by atoms with Crippen LogP contribution in [0.3, 0.4) is 0 Å². The normalized spacial score (nSPS) is 29.9. The van der Waals surface area contributed by atoms with E-state index in [1.165, 1.54) is 35.1 Å². The van der Waals surface area contributed by atoms with Gasteiger partial charge in [0.2, 0.25) is 0 Å². The van der Waals surface area contributed by atoms with Crippen molar-refractivity contribution in [1.82, 2.24) is 5.32 Å². The molecular formula is C24H31N. The fourth-order valence-corrected chi connectivity index (χ4v) is 5.23. The average molecular weight is 334 g/mol. The molecule has 1 unspecified atom stereocenters. The zero-order chi connectivity index (χ0) is 17.6. The lowest BCUT2D eigenvalue weighted by molar-refractivity contribution is -0.115. The minimum atomic E-state index is 0.577. The largest absolute Gasteiger partial charge is 0.310 e. The summed E-state index contributed by atoms with van der Waals surface area (Å²) in [5.41, 5.74) is 5.88. The Labute approximate surface area is 152 Å². The van der Waals surface area contributed by atoms with Crippen LogP contribution in [-0.2, 0) is 6.54 Å². The predicted molar refractivity (Wildman–Crippen MR) is 106 cm³/mol. The fraction of sp³-hybridized carbons (Fsp3) is 0.500. The van der Waals surface area contributed by atoms with E-state index in [0.29, 0.717) is 11.5 Å². The molecule has 2 aromatic carbocycles. The summed E-state index contributed by atoms with van der Waals surface area (Å²) in [4.78, 5) is 0. The topological polar surface area (TPSA) is 12.0 Å². The average Bonchev–Trinajstić information content (AvgIpc) is 2.61. The second-order valence-electron chi connectivity index (χ2n) is 9.01. The first-order valence-corrected chi connectivity index (χ1v) is 9.84. The van der Waals surface area contributed by atoms with Gasteiger partial charge in [0.05, 0.1) is 0 Å². The van der Waals surface area contributed by atoms with Crippen LogP contribution < -0.4 is 5.32 Å². The summed E-state index contributed by atoms with van der Waals surface area (Å²) >= 11 is 0. The Morgan fingerprint density at radius 1 is 0.920 bits per heavy atom. The summed E-state index contributed by atoms with van der Waals surface area (Å²) < 4.78 is 0. The molecule has 0 radical (unpaired) electrons. The lowest BCUT2D eigenvalue weighted by Gasteiger charge is -2.62. The number of hydrogen-bond acceptors (Lipinski definition) is 1. The number of nitrogens with one attached hydrogen (secondary N) is 1. The van der Waals surface area contributed by atoms with Gasteiger partial charge < -0.3 is 5.32 Å². The first-order chi connectivity index (χ1) is 11.9. The van der Waals surface area contributed by atoms with Gasteiger partial charge in [0.25, 0.3) is 0 Å². The summed E-state index contributed by atoms with van der Waals surface area (Å²) in [7, 11) is 0. The van der Waals surface area contributed by atoms with Crippen molar-refractivity contribution in [3.63, 3.8) is 0 Å². The van der Waals surface area contributed by atoms with Crippen molar-refractivity contribution in [3.05, 3.63) is 59.7 Å². The van der Waals surface area contributed by atoms with Crippen LogP contribution in [-0.4, -0.2) is 6.04 Å². The van der Waals surface area contributed by atoms with Crippen LogP contribution in [0.25, 0.3) is 11.1 Å². The van der Waals surface area contributed by atoms with Gasteiger partial charge in [-0.25, -0.2) is 0 Å². The van der Waals surface area contributed by atoms with Gasteiger partial charge in [-0.2, -0.15) is 0 Å². The quantitative estimate of drug-likeness (QED) is 0.743. The fourth-order valence-electron chi connectivity index (χ4n) is 5.23. The molecule has 3 saturated carbocycles. The van der Waals surface area contributed by atoms with Crippen molar-refractivity contribution in [2.24, 2.45) is 23.2 Å². The van der Waals surface area contributed by atoms with Crippen molar-refractivity contribution in [2.75, 3.05) is 0 Å². The van der Waals surface area contributed by atoms with E-state index in [4.69, 9.17) is 0 Å². The molecule has 0 aliphatic heterocycles. The highest BCUT2D eigenvalue weighted by molar-refractivity contribution is 5.63. The number of fused-ring (bicyclic) bond motifs is 2. The van der Waals surface area contributed by atoms with E-state index >= 15 is 0 Å². The van der Waals surface area contributed by atoms with Gasteiger partial charge in [0.1, 0.15) is 0 Å². The van der Waals surface area contributed by atoms with Crippen LogP contribution in [0.15, 0.2) is 48.5 Å². The first-order valence-electron chi connectivity index (χ1n) is 9.84. The van der Waals surface area contributed by atoms with Gasteiger partial charge in [0.15, 0.2) is 0 Å². The Kier molecular flexibility index (Phi) is 4.24. The second kappa shape index (κ2) is 6.29. The summed E-state index contributed by atoms with van der Waals surface area (Å²) in [6.45, 7) is 10.5. The highest BCUT2D eigenvalue weighted by Crippen LogP contribution is 2.61. The predicted octanol–water partition coefficient (Wildman–Crippen LogP) is 5.82. The molecule has 0 amide bonds. The Hall–Kier alpha value is -1.60. The Bertz CT molecular complexity index is 726. The van der Waals surface area contributed by atoms with Crippen molar-refractivity contribution < 1.29 is 0 Å². The molecule has 0 aromatic heterocycles. The van der Waals surface area contributed by atoms with Crippen molar-refractivity contribution in [2.45, 2.75) is 53.1 Å². The molecule has 132 valence electrons. The summed E-state index contributed by atoms with van der Waals surface area (Å²) in [6, 6.07) is 18.5. The van der Waals surface area contributed by atoms with Crippen molar-refractivity contribution in [1.29, 1.82) is 0 Å². The lowest BCUT2D eigenvalue weighted by atomic mass is 9.45. The molecule has 0 saturated heterocycles. The molecule has 2 aromatic rings. The van der Waals surface area contributed by atoms with Crippen LogP contribution in [0.2, 0.25) is 0 Å². The van der Waals surface area contributed by atoms with Gasteiger partial charge in [-0.3, -0.25) is 0 Å². The highest BCUT2D eigenvalue weighted by Gasteiger charge is 2.55. The number of hydrogen-bond donors (Lipinski definition) is 1. The summed E-state index contributed by atoms with van der Waals surface area (Å²) in [5.74, 6) is 2.63. The SMILES string of the molecule is Cc1ccc(-c2ccc(CN[C@H]3C[C@H]4C[C@@H](C3C)C4(C)C)cc2)cc1. The second-order valence-corrected chi connectivity index (χ2v) is 9.01. The van der Waals surface area contributed by atoms with E-state index in [0.717, 1.165) is 24.3 Å². The molecule has 5 rings (SSSR count). The van der Waals surface area contributed by atoms with Crippen LogP contribution in [0, 0.1) is 30.1 Å². The maximum absolute atomic E-state index is 3.85. The minimum absolute atomic E-state index is 0.577. The number of benzene rings is 2. The van der Waals surface area contributed by atoms with E-state index in [-0.39, 0.29) is 0 Å². The van der Waals surface area contributed by atoms with Crippen LogP contribution in [0.4, 0.5) is 0 Å². The molecule has 1 heteroatoms. The van der Waals surface area contributed by atoms with E-state index in [2.05, 4.69) is 81.5 Å². The van der Waals surface area contributed by atoms with E-state index in [9.17, 15) is 0 Å². The molecule has 1 N–H and O–H groups in total. The van der Waals surface area contributed by atoms with Gasteiger partial charge in [-0.1, -0.05) is 74.9 Å². The highest BCUT2D eigenvalue weighted by atomic mass is 14.9. The van der Waals surface area contributed by atoms with E-state index < -0.39 is 0 Å². The third-order valence-corrected chi connectivity index (χ3v) is 7.26. The summed E-state index contributed by atoms with van der Waals surface area (Å²) in [6.07, 6.45) is 2.81. The zero-order valence-electron chi connectivity index (χ0n) is 16.0. The van der Waals surface area contributed by atoms with Crippen molar-refractivity contribution in [3.8, 4) is 11.1 Å². The first kappa shape index (κ1) is 16.8. The van der Waals surface area contributed by atoms with Crippen molar-refractivity contribution >= 4 is 0 Å². The zero-order valence-corrected chi connectivity index (χ0v) is 16.0. The smallest absolute Gasteiger partial charge is 0.0208 e. The molecule has 2 bridgehead atoms. The summed E-state index contributed by atoms with van der Waals surface area (Å²) in [5, 5.41) is 3.85. The van der Waals surface area contributed by atoms with Crippen LogP contribution in [0.1, 0.15) is 44.7 Å². The maximum atomic E-state index is 3.85. The Morgan fingerprint density at radius 3 is 2.08 bits per heavy atom. The van der Waals surface area contributed by atoms with Gasteiger partial charge in [-0.15, -0.1) is 0 Å². The molecule has 4 atom stereocenters. The monoisotopic (exact) mass is 333 g/mol. The molecule has 3 aliphatic rings. The van der Waals surface area contributed by atoms with Gasteiger partial charge in [-0.05, 0) is 59.6 Å². The third kappa shape index (κ3) is 3.04. The molecule has 1 nitrogen and oxygen atoms in total.